The fraction of sp³-hybridized carbons (Fsp3) is 0.333. The summed E-state index contributed by atoms with van der Waals surface area (Å²) >= 11 is 5.98. The van der Waals surface area contributed by atoms with Gasteiger partial charge in [0.1, 0.15) is 6.23 Å². The first kappa shape index (κ1) is 16.0. The average molecular weight is 304 g/mol. The molecule has 3 N–H and O–H groups in total. The van der Waals surface area contributed by atoms with Crippen molar-refractivity contribution in [2.75, 3.05) is 0 Å². The molecule has 0 saturated heterocycles. The fourth-order valence-corrected chi connectivity index (χ4v) is 2.96. The lowest BCUT2D eigenvalue weighted by Gasteiger charge is -2.32. The van der Waals surface area contributed by atoms with Crippen LogP contribution in [0, 0.1) is 6.92 Å². The highest BCUT2D eigenvalue weighted by Crippen LogP contribution is 2.34. The number of benzene rings is 2. The first-order chi connectivity index (χ1) is 9.90. The monoisotopic (exact) mass is 303 g/mol. The number of rotatable bonds is 5. The van der Waals surface area contributed by atoms with E-state index in [-0.39, 0.29) is 5.41 Å². The molecule has 2 aromatic carbocycles. The molecule has 0 heterocycles. The Bertz CT molecular complexity index is 594. The van der Waals surface area contributed by atoms with Gasteiger partial charge in [0.15, 0.2) is 0 Å². The maximum atomic E-state index is 9.70. The summed E-state index contributed by atoms with van der Waals surface area (Å²) in [6.07, 6.45) is 0.494. The normalized spacial score (nSPS) is 15.5. The number of aliphatic hydroxyl groups is 1. The van der Waals surface area contributed by atoms with Crippen LogP contribution in [0.2, 0.25) is 5.02 Å². The van der Waals surface area contributed by atoms with E-state index in [1.165, 1.54) is 11.1 Å². The van der Waals surface area contributed by atoms with E-state index in [9.17, 15) is 5.11 Å². The van der Waals surface area contributed by atoms with Crippen molar-refractivity contribution in [3.05, 3.63) is 70.2 Å². The summed E-state index contributed by atoms with van der Waals surface area (Å²) in [6.45, 7) is 4.25. The Morgan fingerprint density at radius 2 is 1.76 bits per heavy atom. The molecule has 0 aliphatic rings. The maximum absolute atomic E-state index is 9.70. The van der Waals surface area contributed by atoms with Crippen molar-refractivity contribution in [2.24, 2.45) is 5.73 Å². The Labute approximate surface area is 131 Å². The van der Waals surface area contributed by atoms with E-state index in [1.54, 1.807) is 0 Å². The zero-order chi connectivity index (χ0) is 15.5. The quantitative estimate of drug-likeness (QED) is 0.825. The van der Waals surface area contributed by atoms with Crippen molar-refractivity contribution in [2.45, 2.75) is 38.3 Å². The summed E-state index contributed by atoms with van der Waals surface area (Å²) < 4.78 is 0. The van der Waals surface area contributed by atoms with Crippen LogP contribution in [0.5, 0.6) is 0 Å². The summed E-state index contributed by atoms with van der Waals surface area (Å²) in [5, 5.41) is 10.4. The summed E-state index contributed by atoms with van der Waals surface area (Å²) in [5.41, 5.74) is 9.10. The molecule has 0 aromatic heterocycles. The molecule has 21 heavy (non-hydrogen) atoms. The third kappa shape index (κ3) is 4.07. The van der Waals surface area contributed by atoms with Gasteiger partial charge >= 0.3 is 0 Å². The average Bonchev–Trinajstić information content (AvgIpc) is 2.41. The van der Waals surface area contributed by atoms with E-state index in [4.69, 9.17) is 17.3 Å². The Kier molecular flexibility index (Phi) is 5.04. The molecule has 2 nitrogen and oxygen atoms in total. The number of aryl methyl sites for hydroxylation is 1. The molecule has 2 atom stereocenters. The highest BCUT2D eigenvalue weighted by Gasteiger charge is 2.29. The van der Waals surface area contributed by atoms with Crippen molar-refractivity contribution >= 4 is 11.6 Å². The number of aliphatic hydroxyl groups excluding tert-OH is 1. The van der Waals surface area contributed by atoms with Gasteiger partial charge in [0, 0.05) is 10.4 Å². The molecule has 1 unspecified atom stereocenters. The minimum absolute atomic E-state index is 0.231. The van der Waals surface area contributed by atoms with E-state index in [0.717, 1.165) is 12.0 Å². The summed E-state index contributed by atoms with van der Waals surface area (Å²) in [7, 11) is 0. The van der Waals surface area contributed by atoms with Crippen LogP contribution >= 0.6 is 11.6 Å². The first-order valence-corrected chi connectivity index (χ1v) is 7.53. The number of nitrogens with two attached hydrogens (primary N) is 1. The largest absolute Gasteiger partial charge is 0.379 e. The van der Waals surface area contributed by atoms with E-state index < -0.39 is 6.23 Å². The Morgan fingerprint density at radius 3 is 2.33 bits per heavy atom. The molecule has 0 radical (unpaired) electrons. The van der Waals surface area contributed by atoms with Crippen LogP contribution in [0.3, 0.4) is 0 Å². The molecular weight excluding hydrogens is 282 g/mol. The number of hydrogen-bond acceptors (Lipinski definition) is 2. The van der Waals surface area contributed by atoms with Crippen molar-refractivity contribution in [1.82, 2.24) is 0 Å². The van der Waals surface area contributed by atoms with E-state index in [1.807, 2.05) is 36.4 Å². The van der Waals surface area contributed by atoms with Crippen molar-refractivity contribution < 1.29 is 5.11 Å². The van der Waals surface area contributed by atoms with Crippen LogP contribution in [0.15, 0.2) is 48.5 Å². The molecule has 0 bridgehead atoms. The van der Waals surface area contributed by atoms with Crippen LogP contribution in [-0.2, 0) is 11.8 Å². The number of hydrogen-bond donors (Lipinski definition) is 2. The molecule has 3 heteroatoms. The molecule has 0 spiro atoms. The van der Waals surface area contributed by atoms with Gasteiger partial charge in [-0.3, -0.25) is 0 Å². The van der Waals surface area contributed by atoms with Gasteiger partial charge in [-0.1, -0.05) is 54.9 Å². The second kappa shape index (κ2) is 6.61. The summed E-state index contributed by atoms with van der Waals surface area (Å²) in [5.74, 6) is 0. The molecule has 2 aromatic rings. The van der Waals surface area contributed by atoms with Gasteiger partial charge in [-0.05, 0) is 48.6 Å². The van der Waals surface area contributed by atoms with Gasteiger partial charge < -0.3 is 10.8 Å². The van der Waals surface area contributed by atoms with Crippen LogP contribution in [-0.4, -0.2) is 11.3 Å². The predicted molar refractivity (Wildman–Crippen MR) is 88.5 cm³/mol. The molecule has 0 amide bonds. The molecule has 0 fully saturated rings. The van der Waals surface area contributed by atoms with E-state index >= 15 is 0 Å². The topological polar surface area (TPSA) is 46.2 Å². The van der Waals surface area contributed by atoms with Gasteiger partial charge in [0.25, 0.3) is 0 Å². The number of halogens is 1. The SMILES string of the molecule is Cc1ccccc1CC(C)(C[C@H](N)O)c1ccc(Cl)cc1. The highest BCUT2D eigenvalue weighted by atomic mass is 35.5. The molecule has 112 valence electrons. The summed E-state index contributed by atoms with van der Waals surface area (Å²) in [4.78, 5) is 0. The van der Waals surface area contributed by atoms with Crippen LogP contribution in [0.1, 0.15) is 30.0 Å². The predicted octanol–water partition coefficient (Wildman–Crippen LogP) is 3.82. The van der Waals surface area contributed by atoms with Gasteiger partial charge in [0.05, 0.1) is 0 Å². The molecule has 2 rings (SSSR count). The van der Waals surface area contributed by atoms with Gasteiger partial charge in [0.2, 0.25) is 0 Å². The highest BCUT2D eigenvalue weighted by molar-refractivity contribution is 6.30. The second-order valence-electron chi connectivity index (χ2n) is 5.94. The van der Waals surface area contributed by atoms with Gasteiger partial charge in [-0.25, -0.2) is 0 Å². The zero-order valence-corrected chi connectivity index (χ0v) is 13.3. The third-order valence-electron chi connectivity index (χ3n) is 4.04. The summed E-state index contributed by atoms with van der Waals surface area (Å²) in [6, 6.07) is 16.1. The van der Waals surface area contributed by atoms with Crippen molar-refractivity contribution in [1.29, 1.82) is 0 Å². The van der Waals surface area contributed by atoms with E-state index in [2.05, 4.69) is 26.0 Å². The maximum Gasteiger partial charge on any atom is 0.103 e. The first-order valence-electron chi connectivity index (χ1n) is 7.15. The standard InChI is InChI=1S/C18H22ClNO/c1-13-5-3-4-6-14(13)11-18(2,12-17(20)21)15-7-9-16(19)10-8-15/h3-10,17,21H,11-12,20H2,1-2H3/t17-,18?/m1/s1. The molecule has 0 aliphatic carbocycles. The lowest BCUT2D eigenvalue weighted by Crippen LogP contribution is -2.34. The fourth-order valence-electron chi connectivity index (χ4n) is 2.83. The second-order valence-corrected chi connectivity index (χ2v) is 6.38. The Morgan fingerprint density at radius 1 is 1.14 bits per heavy atom. The minimum Gasteiger partial charge on any atom is -0.379 e. The molecular formula is C18H22ClNO. The lowest BCUT2D eigenvalue weighted by molar-refractivity contribution is 0.140. The Balaban J connectivity index is 2.37. The lowest BCUT2D eigenvalue weighted by atomic mass is 9.74. The molecule has 0 saturated carbocycles. The Hall–Kier alpha value is -1.35. The van der Waals surface area contributed by atoms with E-state index in [0.29, 0.717) is 11.4 Å². The van der Waals surface area contributed by atoms with Crippen molar-refractivity contribution in [3.8, 4) is 0 Å². The van der Waals surface area contributed by atoms with Gasteiger partial charge in [-0.15, -0.1) is 0 Å². The van der Waals surface area contributed by atoms with Crippen molar-refractivity contribution in [3.63, 3.8) is 0 Å². The minimum atomic E-state index is -0.838. The smallest absolute Gasteiger partial charge is 0.103 e. The van der Waals surface area contributed by atoms with Crippen LogP contribution < -0.4 is 5.73 Å². The molecule has 0 aliphatic heterocycles. The van der Waals surface area contributed by atoms with Crippen LogP contribution in [0.25, 0.3) is 0 Å². The van der Waals surface area contributed by atoms with Crippen LogP contribution in [0.4, 0.5) is 0 Å². The third-order valence-corrected chi connectivity index (χ3v) is 4.29. The van der Waals surface area contributed by atoms with Gasteiger partial charge in [-0.2, -0.15) is 0 Å². The zero-order valence-electron chi connectivity index (χ0n) is 12.5.